The lowest BCUT2D eigenvalue weighted by Crippen LogP contribution is -1.90. The number of aromatic nitrogens is 1. The first-order chi connectivity index (χ1) is 9.90. The predicted octanol–water partition coefficient (Wildman–Crippen LogP) is 4.51. The maximum Gasteiger partial charge on any atom is 0.0406 e. The summed E-state index contributed by atoms with van der Waals surface area (Å²) in [5, 5.41) is 0. The third-order valence-electron chi connectivity index (χ3n) is 3.70. The summed E-state index contributed by atoms with van der Waals surface area (Å²) >= 11 is 0. The van der Waals surface area contributed by atoms with Gasteiger partial charge < -0.3 is 0 Å². The maximum absolute atomic E-state index is 4.38. The first kappa shape index (κ1) is 12.9. The highest BCUT2D eigenvalue weighted by Gasteiger charge is 2.07. The lowest BCUT2D eigenvalue weighted by molar-refractivity contribution is 0.884. The van der Waals surface area contributed by atoms with Gasteiger partial charge in [-0.25, -0.2) is 0 Å². The van der Waals surface area contributed by atoms with E-state index in [0.717, 1.165) is 25.7 Å². The van der Waals surface area contributed by atoms with Crippen molar-refractivity contribution < 1.29 is 0 Å². The molecule has 0 amide bonds. The van der Waals surface area contributed by atoms with Crippen molar-refractivity contribution in [3.8, 4) is 0 Å². The van der Waals surface area contributed by atoms with E-state index >= 15 is 0 Å². The molecule has 1 heterocycles. The average Bonchev–Trinajstić information content (AvgIpc) is 2.95. The number of allylic oxidation sites excluding steroid dienone is 4. The van der Waals surface area contributed by atoms with Crippen molar-refractivity contribution in [1.29, 1.82) is 0 Å². The van der Waals surface area contributed by atoms with E-state index in [4.69, 9.17) is 0 Å². The molecular weight excluding hydrogens is 242 g/mol. The quantitative estimate of drug-likeness (QED) is 0.771. The molecule has 0 aliphatic heterocycles. The molecule has 20 heavy (non-hydrogen) atoms. The number of hydrogen-bond donors (Lipinski definition) is 0. The van der Waals surface area contributed by atoms with Crippen LogP contribution >= 0.6 is 0 Å². The molecule has 1 aliphatic carbocycles. The summed E-state index contributed by atoms with van der Waals surface area (Å²) in [6, 6.07) is 16.8. The SMILES string of the molecule is C1=C(Cc2ccccc2)C=C(CCc2ccccn2)C1. The van der Waals surface area contributed by atoms with Gasteiger partial charge in [0.15, 0.2) is 0 Å². The Hall–Kier alpha value is -2.15. The van der Waals surface area contributed by atoms with E-state index in [1.54, 1.807) is 0 Å². The van der Waals surface area contributed by atoms with Gasteiger partial charge in [0, 0.05) is 11.9 Å². The van der Waals surface area contributed by atoms with Gasteiger partial charge in [0.05, 0.1) is 0 Å². The highest BCUT2D eigenvalue weighted by molar-refractivity contribution is 5.37. The molecule has 0 fully saturated rings. The van der Waals surface area contributed by atoms with Crippen LogP contribution in [0.3, 0.4) is 0 Å². The van der Waals surface area contributed by atoms with Crippen LogP contribution in [0.4, 0.5) is 0 Å². The molecule has 1 nitrogen and oxygen atoms in total. The van der Waals surface area contributed by atoms with Crippen molar-refractivity contribution >= 4 is 0 Å². The zero-order valence-corrected chi connectivity index (χ0v) is 11.6. The Bertz CT molecular complexity index is 609. The van der Waals surface area contributed by atoms with Crippen molar-refractivity contribution in [2.45, 2.75) is 25.7 Å². The highest BCUT2D eigenvalue weighted by atomic mass is 14.7. The van der Waals surface area contributed by atoms with Crippen LogP contribution in [0.15, 0.2) is 78.0 Å². The van der Waals surface area contributed by atoms with Gasteiger partial charge in [-0.2, -0.15) is 0 Å². The Kier molecular flexibility index (Phi) is 4.07. The Balaban J connectivity index is 1.55. The van der Waals surface area contributed by atoms with Gasteiger partial charge in [-0.05, 0) is 49.0 Å². The molecule has 0 N–H and O–H groups in total. The lowest BCUT2D eigenvalue weighted by atomic mass is 10.1. The summed E-state index contributed by atoms with van der Waals surface area (Å²) in [7, 11) is 0. The molecule has 100 valence electrons. The summed E-state index contributed by atoms with van der Waals surface area (Å²) in [5.41, 5.74) is 5.56. The Labute approximate surface area is 120 Å². The summed E-state index contributed by atoms with van der Waals surface area (Å²) in [6.45, 7) is 0. The summed E-state index contributed by atoms with van der Waals surface area (Å²) in [6.07, 6.45) is 10.9. The number of aryl methyl sites for hydroxylation is 1. The number of hydrogen-bond acceptors (Lipinski definition) is 1. The van der Waals surface area contributed by atoms with Crippen molar-refractivity contribution in [3.63, 3.8) is 0 Å². The second-order valence-electron chi connectivity index (χ2n) is 5.27. The smallest absolute Gasteiger partial charge is 0.0406 e. The van der Waals surface area contributed by atoms with E-state index in [1.165, 1.54) is 22.4 Å². The first-order valence-corrected chi connectivity index (χ1v) is 7.22. The molecule has 1 aromatic carbocycles. The Morgan fingerprint density at radius 3 is 2.55 bits per heavy atom. The van der Waals surface area contributed by atoms with Gasteiger partial charge in [-0.3, -0.25) is 4.98 Å². The molecule has 3 rings (SSSR count). The number of rotatable bonds is 5. The Morgan fingerprint density at radius 2 is 1.75 bits per heavy atom. The van der Waals surface area contributed by atoms with E-state index in [1.807, 2.05) is 12.3 Å². The van der Waals surface area contributed by atoms with E-state index in [2.05, 4.69) is 59.6 Å². The minimum Gasteiger partial charge on any atom is -0.261 e. The number of pyridine rings is 1. The van der Waals surface area contributed by atoms with Gasteiger partial charge in [-0.15, -0.1) is 0 Å². The van der Waals surface area contributed by atoms with Crippen LogP contribution < -0.4 is 0 Å². The van der Waals surface area contributed by atoms with Crippen LogP contribution in [0, 0.1) is 0 Å². The van der Waals surface area contributed by atoms with Crippen molar-refractivity contribution in [1.82, 2.24) is 4.98 Å². The predicted molar refractivity (Wildman–Crippen MR) is 83.5 cm³/mol. The maximum atomic E-state index is 4.38. The molecule has 0 unspecified atom stereocenters. The summed E-state index contributed by atoms with van der Waals surface area (Å²) < 4.78 is 0. The van der Waals surface area contributed by atoms with Crippen molar-refractivity contribution in [2.75, 3.05) is 0 Å². The fourth-order valence-corrected chi connectivity index (χ4v) is 2.61. The van der Waals surface area contributed by atoms with E-state index in [-0.39, 0.29) is 0 Å². The molecule has 1 heteroatoms. The minimum atomic E-state index is 1.04. The molecule has 0 atom stereocenters. The fourth-order valence-electron chi connectivity index (χ4n) is 2.61. The zero-order chi connectivity index (χ0) is 13.6. The largest absolute Gasteiger partial charge is 0.261 e. The normalized spacial score (nSPS) is 14.0. The monoisotopic (exact) mass is 261 g/mol. The van der Waals surface area contributed by atoms with Crippen molar-refractivity contribution in [3.05, 3.63) is 89.3 Å². The summed E-state index contributed by atoms with van der Waals surface area (Å²) in [5.74, 6) is 0. The van der Waals surface area contributed by atoms with Crippen LogP contribution in [0.2, 0.25) is 0 Å². The topological polar surface area (TPSA) is 12.9 Å². The average molecular weight is 261 g/mol. The van der Waals surface area contributed by atoms with Gasteiger partial charge in [0.25, 0.3) is 0 Å². The minimum absolute atomic E-state index is 1.04. The molecule has 0 saturated heterocycles. The first-order valence-electron chi connectivity index (χ1n) is 7.22. The van der Waals surface area contributed by atoms with Crippen LogP contribution in [-0.2, 0) is 12.8 Å². The van der Waals surface area contributed by atoms with E-state index in [0.29, 0.717) is 0 Å². The molecule has 0 bridgehead atoms. The second-order valence-corrected chi connectivity index (χ2v) is 5.27. The zero-order valence-electron chi connectivity index (χ0n) is 11.6. The molecule has 1 aromatic heterocycles. The van der Waals surface area contributed by atoms with Crippen molar-refractivity contribution in [2.24, 2.45) is 0 Å². The number of benzene rings is 1. The molecule has 0 spiro atoms. The van der Waals surface area contributed by atoms with Crippen LogP contribution in [-0.4, -0.2) is 4.98 Å². The summed E-state index contributed by atoms with van der Waals surface area (Å²) in [4.78, 5) is 4.38. The fraction of sp³-hybridized carbons (Fsp3) is 0.211. The van der Waals surface area contributed by atoms with E-state index in [9.17, 15) is 0 Å². The lowest BCUT2D eigenvalue weighted by Gasteiger charge is -2.02. The molecular formula is C19H19N. The standard InChI is InChI=1S/C19H19N/c1-2-6-16(7-3-1)14-18-10-9-17(15-18)11-12-19-8-4-5-13-20-19/h1-8,10,13,15H,9,11-12,14H2. The second kappa shape index (κ2) is 6.33. The van der Waals surface area contributed by atoms with Gasteiger partial charge in [0.2, 0.25) is 0 Å². The van der Waals surface area contributed by atoms with Crippen LogP contribution in [0.1, 0.15) is 24.1 Å². The molecule has 0 saturated carbocycles. The number of nitrogens with zero attached hydrogens (tertiary/aromatic N) is 1. The molecule has 1 aliphatic rings. The van der Waals surface area contributed by atoms with Crippen LogP contribution in [0.25, 0.3) is 0 Å². The third-order valence-corrected chi connectivity index (χ3v) is 3.70. The van der Waals surface area contributed by atoms with Gasteiger partial charge in [-0.1, -0.05) is 54.1 Å². The molecule has 2 aromatic rings. The van der Waals surface area contributed by atoms with Gasteiger partial charge in [0.1, 0.15) is 0 Å². The molecule has 0 radical (unpaired) electrons. The highest BCUT2D eigenvalue weighted by Crippen LogP contribution is 2.24. The Morgan fingerprint density at radius 1 is 0.900 bits per heavy atom. The van der Waals surface area contributed by atoms with E-state index < -0.39 is 0 Å². The van der Waals surface area contributed by atoms with Crippen LogP contribution in [0.5, 0.6) is 0 Å². The van der Waals surface area contributed by atoms with Gasteiger partial charge >= 0.3 is 0 Å². The third kappa shape index (κ3) is 3.45.